The van der Waals surface area contributed by atoms with E-state index < -0.39 is 0 Å². The van der Waals surface area contributed by atoms with Crippen molar-refractivity contribution in [3.8, 4) is 0 Å². The third-order valence-corrected chi connectivity index (χ3v) is 4.51. The second kappa shape index (κ2) is 4.67. The van der Waals surface area contributed by atoms with Gasteiger partial charge in [-0.15, -0.1) is 11.3 Å². The van der Waals surface area contributed by atoms with Crippen molar-refractivity contribution < 1.29 is 0 Å². The molecule has 1 unspecified atom stereocenters. The third kappa shape index (κ3) is 2.82. The van der Waals surface area contributed by atoms with Crippen LogP contribution in [-0.4, -0.2) is 6.54 Å². The smallest absolute Gasteiger partial charge is 0.0417 e. The van der Waals surface area contributed by atoms with Crippen LogP contribution in [-0.2, 0) is 0 Å². The van der Waals surface area contributed by atoms with E-state index in [-0.39, 0.29) is 0 Å². The first-order valence-corrected chi connectivity index (χ1v) is 6.82. The topological polar surface area (TPSA) is 12.0 Å². The van der Waals surface area contributed by atoms with E-state index in [1.165, 1.54) is 29.7 Å². The van der Waals surface area contributed by atoms with Crippen LogP contribution in [0.25, 0.3) is 0 Å². The maximum Gasteiger partial charge on any atom is 0.0417 e. The second-order valence-corrected chi connectivity index (χ2v) is 5.97. The molecule has 2 heteroatoms. The van der Waals surface area contributed by atoms with E-state index in [1.54, 1.807) is 4.88 Å². The van der Waals surface area contributed by atoms with Gasteiger partial charge in [-0.1, -0.05) is 19.8 Å². The predicted molar refractivity (Wildman–Crippen MR) is 67.6 cm³/mol. The quantitative estimate of drug-likeness (QED) is 0.800. The Hall–Kier alpha value is -0.340. The molecule has 1 aliphatic carbocycles. The molecule has 1 nitrogen and oxygen atoms in total. The third-order valence-electron chi connectivity index (χ3n) is 3.24. The highest BCUT2D eigenvalue weighted by atomic mass is 32.1. The summed E-state index contributed by atoms with van der Waals surface area (Å²) in [6.45, 7) is 7.72. The van der Waals surface area contributed by atoms with Gasteiger partial charge in [0.05, 0.1) is 0 Å². The highest BCUT2D eigenvalue weighted by Crippen LogP contribution is 2.39. The van der Waals surface area contributed by atoms with Gasteiger partial charge in [0.1, 0.15) is 0 Å². The van der Waals surface area contributed by atoms with Gasteiger partial charge in [-0.05, 0) is 44.4 Å². The number of nitrogens with one attached hydrogen (secondary N) is 1. The van der Waals surface area contributed by atoms with Crippen LogP contribution in [0.3, 0.4) is 0 Å². The molecule has 0 amide bonds. The lowest BCUT2D eigenvalue weighted by atomic mass is 10.1. The Balaban J connectivity index is 2.07. The Kier molecular flexibility index (Phi) is 3.47. The molecule has 1 N–H and O–H groups in total. The minimum Gasteiger partial charge on any atom is -0.310 e. The van der Waals surface area contributed by atoms with Crippen LogP contribution < -0.4 is 5.32 Å². The Morgan fingerprint density at radius 2 is 2.20 bits per heavy atom. The molecule has 1 aliphatic rings. The number of aryl methyl sites for hydroxylation is 2. The first-order valence-electron chi connectivity index (χ1n) is 6.01. The fourth-order valence-electron chi connectivity index (χ4n) is 2.01. The molecule has 1 aromatic rings. The van der Waals surface area contributed by atoms with Gasteiger partial charge in [-0.25, -0.2) is 0 Å². The summed E-state index contributed by atoms with van der Waals surface area (Å²) in [5, 5.41) is 3.62. The predicted octanol–water partition coefficient (Wildman–Crippen LogP) is 3.82. The first kappa shape index (κ1) is 11.2. The van der Waals surface area contributed by atoms with Crippen molar-refractivity contribution in [3.63, 3.8) is 0 Å². The van der Waals surface area contributed by atoms with Crippen molar-refractivity contribution in [2.24, 2.45) is 5.92 Å². The average molecular weight is 223 g/mol. The Morgan fingerprint density at radius 3 is 2.67 bits per heavy atom. The summed E-state index contributed by atoms with van der Waals surface area (Å²) in [5.74, 6) is 0.997. The van der Waals surface area contributed by atoms with Crippen molar-refractivity contribution in [1.29, 1.82) is 0 Å². The van der Waals surface area contributed by atoms with E-state index in [2.05, 4.69) is 32.2 Å². The SMILES string of the molecule is CCNC(CC1CC1)c1cc(C)c(C)s1. The van der Waals surface area contributed by atoms with E-state index in [0.29, 0.717) is 6.04 Å². The molecule has 0 aliphatic heterocycles. The minimum atomic E-state index is 0.611. The highest BCUT2D eigenvalue weighted by molar-refractivity contribution is 7.12. The van der Waals surface area contributed by atoms with Crippen molar-refractivity contribution in [1.82, 2.24) is 5.32 Å². The molecule has 0 aromatic carbocycles. The Bertz CT molecular complexity index is 306. The van der Waals surface area contributed by atoms with Gasteiger partial charge in [-0.3, -0.25) is 0 Å². The van der Waals surface area contributed by atoms with Gasteiger partial charge in [0.15, 0.2) is 0 Å². The molecule has 1 atom stereocenters. The summed E-state index contributed by atoms with van der Waals surface area (Å²) in [6, 6.07) is 2.98. The van der Waals surface area contributed by atoms with E-state index in [0.717, 1.165) is 12.5 Å². The molecule has 1 heterocycles. The monoisotopic (exact) mass is 223 g/mol. The van der Waals surface area contributed by atoms with E-state index in [4.69, 9.17) is 0 Å². The molecule has 1 fully saturated rings. The maximum absolute atomic E-state index is 3.62. The molecule has 0 radical (unpaired) electrons. The lowest BCUT2D eigenvalue weighted by Gasteiger charge is -2.15. The fourth-order valence-corrected chi connectivity index (χ4v) is 3.14. The first-order chi connectivity index (χ1) is 7.20. The maximum atomic E-state index is 3.62. The lowest BCUT2D eigenvalue weighted by molar-refractivity contribution is 0.493. The summed E-state index contributed by atoms with van der Waals surface area (Å²) in [5.41, 5.74) is 1.45. The summed E-state index contributed by atoms with van der Waals surface area (Å²) in [6.07, 6.45) is 4.24. The van der Waals surface area contributed by atoms with Crippen LogP contribution in [0, 0.1) is 19.8 Å². The van der Waals surface area contributed by atoms with Crippen LogP contribution in [0.15, 0.2) is 6.07 Å². The normalized spacial score (nSPS) is 18.1. The minimum absolute atomic E-state index is 0.611. The molecular weight excluding hydrogens is 202 g/mol. The molecule has 0 spiro atoms. The molecule has 0 bridgehead atoms. The van der Waals surface area contributed by atoms with E-state index in [9.17, 15) is 0 Å². The van der Waals surface area contributed by atoms with Gasteiger partial charge in [-0.2, -0.15) is 0 Å². The van der Waals surface area contributed by atoms with E-state index in [1.807, 2.05) is 11.3 Å². The number of rotatable bonds is 5. The van der Waals surface area contributed by atoms with Gasteiger partial charge in [0, 0.05) is 15.8 Å². The van der Waals surface area contributed by atoms with Crippen LogP contribution in [0.2, 0.25) is 0 Å². The van der Waals surface area contributed by atoms with Crippen molar-refractivity contribution >= 4 is 11.3 Å². The van der Waals surface area contributed by atoms with Gasteiger partial charge < -0.3 is 5.32 Å². The molecule has 0 saturated heterocycles. The molecular formula is C13H21NS. The molecule has 1 saturated carbocycles. The van der Waals surface area contributed by atoms with Crippen molar-refractivity contribution in [2.45, 2.75) is 46.1 Å². The standard InChI is InChI=1S/C13H21NS/c1-4-14-12(8-11-5-6-11)13-7-9(2)10(3)15-13/h7,11-12,14H,4-6,8H2,1-3H3. The molecule has 2 rings (SSSR count). The van der Waals surface area contributed by atoms with Crippen LogP contribution in [0.1, 0.15) is 47.5 Å². The molecule has 15 heavy (non-hydrogen) atoms. The van der Waals surface area contributed by atoms with Crippen LogP contribution >= 0.6 is 11.3 Å². The summed E-state index contributed by atoms with van der Waals surface area (Å²) >= 11 is 1.97. The van der Waals surface area contributed by atoms with Crippen LogP contribution in [0.4, 0.5) is 0 Å². The van der Waals surface area contributed by atoms with E-state index >= 15 is 0 Å². The average Bonchev–Trinajstić information content (AvgIpc) is 2.94. The van der Waals surface area contributed by atoms with Gasteiger partial charge >= 0.3 is 0 Å². The summed E-state index contributed by atoms with van der Waals surface area (Å²) < 4.78 is 0. The van der Waals surface area contributed by atoms with Crippen LogP contribution in [0.5, 0.6) is 0 Å². The second-order valence-electron chi connectivity index (χ2n) is 4.68. The summed E-state index contributed by atoms with van der Waals surface area (Å²) in [4.78, 5) is 3.02. The number of hydrogen-bond acceptors (Lipinski definition) is 2. The molecule has 84 valence electrons. The number of thiophene rings is 1. The largest absolute Gasteiger partial charge is 0.310 e. The zero-order chi connectivity index (χ0) is 10.8. The van der Waals surface area contributed by atoms with Crippen molar-refractivity contribution in [3.05, 3.63) is 21.4 Å². The highest BCUT2D eigenvalue weighted by Gasteiger charge is 2.26. The van der Waals surface area contributed by atoms with Gasteiger partial charge in [0.25, 0.3) is 0 Å². The Labute approximate surface area is 96.9 Å². The van der Waals surface area contributed by atoms with Crippen molar-refractivity contribution in [2.75, 3.05) is 6.54 Å². The van der Waals surface area contributed by atoms with Gasteiger partial charge in [0.2, 0.25) is 0 Å². The lowest BCUT2D eigenvalue weighted by Crippen LogP contribution is -2.20. The zero-order valence-electron chi connectivity index (χ0n) is 9.97. The fraction of sp³-hybridized carbons (Fsp3) is 0.692. The number of hydrogen-bond donors (Lipinski definition) is 1. The Morgan fingerprint density at radius 1 is 1.47 bits per heavy atom. The molecule has 1 aromatic heterocycles. The zero-order valence-corrected chi connectivity index (χ0v) is 10.8. The summed E-state index contributed by atoms with van der Waals surface area (Å²) in [7, 11) is 0.